The lowest BCUT2D eigenvalue weighted by Crippen LogP contribution is -1.96. The van der Waals surface area contributed by atoms with Crippen molar-refractivity contribution in [3.63, 3.8) is 0 Å². The summed E-state index contributed by atoms with van der Waals surface area (Å²) < 4.78 is 5.77. The maximum atomic E-state index is 12.2. The van der Waals surface area contributed by atoms with Gasteiger partial charge in [-0.2, -0.15) is 0 Å². The molecule has 0 N–H and O–H groups in total. The van der Waals surface area contributed by atoms with E-state index >= 15 is 0 Å². The van der Waals surface area contributed by atoms with Gasteiger partial charge in [-0.05, 0) is 24.3 Å². The summed E-state index contributed by atoms with van der Waals surface area (Å²) in [5.41, 5.74) is 2.64. The molecule has 3 nitrogen and oxygen atoms in total. The van der Waals surface area contributed by atoms with E-state index in [4.69, 9.17) is 16.0 Å². The van der Waals surface area contributed by atoms with Crippen LogP contribution >= 0.6 is 11.6 Å². The summed E-state index contributed by atoms with van der Waals surface area (Å²) in [6.07, 6.45) is 0. The lowest BCUT2D eigenvalue weighted by Gasteiger charge is -1.98. The lowest BCUT2D eigenvalue weighted by molar-refractivity contribution is 0.103. The first kappa shape index (κ1) is 11.4. The first-order valence-corrected chi connectivity index (χ1v) is 6.53. The first-order valence-electron chi connectivity index (χ1n) is 6.15. The molecule has 1 aliphatic carbocycles. The summed E-state index contributed by atoms with van der Waals surface area (Å²) in [5, 5.41) is 0.647. The van der Waals surface area contributed by atoms with Crippen molar-refractivity contribution in [1.29, 1.82) is 0 Å². The van der Waals surface area contributed by atoms with E-state index in [9.17, 15) is 4.79 Å². The van der Waals surface area contributed by atoms with E-state index in [1.165, 1.54) is 0 Å². The molecule has 96 valence electrons. The zero-order chi connectivity index (χ0) is 13.7. The SMILES string of the molecule is O=C1c2ccccc2-c2oc(-c3ccc(Cl)cc3)nc21. The largest absolute Gasteiger partial charge is 0.435 e. The van der Waals surface area contributed by atoms with Gasteiger partial charge in [-0.25, -0.2) is 4.98 Å². The van der Waals surface area contributed by atoms with Crippen LogP contribution in [0.5, 0.6) is 0 Å². The summed E-state index contributed by atoms with van der Waals surface area (Å²) in [6, 6.07) is 14.5. The van der Waals surface area contributed by atoms with Crippen LogP contribution in [0.3, 0.4) is 0 Å². The second kappa shape index (κ2) is 4.05. The minimum Gasteiger partial charge on any atom is -0.435 e. The molecule has 0 saturated carbocycles. The highest BCUT2D eigenvalue weighted by atomic mass is 35.5. The topological polar surface area (TPSA) is 43.1 Å². The van der Waals surface area contributed by atoms with Crippen molar-refractivity contribution >= 4 is 17.4 Å². The normalized spacial score (nSPS) is 12.3. The number of ketones is 1. The van der Waals surface area contributed by atoms with E-state index < -0.39 is 0 Å². The van der Waals surface area contributed by atoms with E-state index in [1.807, 2.05) is 30.3 Å². The highest BCUT2D eigenvalue weighted by molar-refractivity contribution is 6.30. The van der Waals surface area contributed by atoms with E-state index in [0.717, 1.165) is 11.1 Å². The zero-order valence-corrected chi connectivity index (χ0v) is 11.0. The van der Waals surface area contributed by atoms with Crippen LogP contribution in [-0.2, 0) is 0 Å². The second-order valence-corrected chi connectivity index (χ2v) is 5.01. The maximum absolute atomic E-state index is 12.2. The van der Waals surface area contributed by atoms with E-state index in [0.29, 0.717) is 27.9 Å². The third-order valence-electron chi connectivity index (χ3n) is 3.35. The number of fused-ring (bicyclic) bond motifs is 3. The fourth-order valence-corrected chi connectivity index (χ4v) is 2.51. The van der Waals surface area contributed by atoms with Crippen LogP contribution in [0.1, 0.15) is 16.1 Å². The van der Waals surface area contributed by atoms with Gasteiger partial charge in [0.1, 0.15) is 0 Å². The fraction of sp³-hybridized carbons (Fsp3) is 0. The average Bonchev–Trinajstić information content (AvgIpc) is 3.01. The van der Waals surface area contributed by atoms with Crippen LogP contribution in [0, 0.1) is 0 Å². The highest BCUT2D eigenvalue weighted by Crippen LogP contribution is 2.38. The molecule has 0 aliphatic heterocycles. The fourth-order valence-electron chi connectivity index (χ4n) is 2.38. The number of carbonyl (C=O) groups is 1. The van der Waals surface area contributed by atoms with Crippen molar-refractivity contribution < 1.29 is 9.21 Å². The number of hydrogen-bond donors (Lipinski definition) is 0. The predicted molar refractivity (Wildman–Crippen MR) is 75.8 cm³/mol. The van der Waals surface area contributed by atoms with Gasteiger partial charge in [0, 0.05) is 21.7 Å². The standard InChI is InChI=1S/C16H8ClNO2/c17-10-7-5-9(6-8-10)16-18-13-14(19)11-3-1-2-4-12(11)15(13)20-16/h1-8H. The molecule has 0 amide bonds. The molecule has 0 atom stereocenters. The molecule has 1 aromatic heterocycles. The number of benzene rings is 2. The Morgan fingerprint density at radius 1 is 0.950 bits per heavy atom. The number of hydrogen-bond acceptors (Lipinski definition) is 3. The molecule has 0 saturated heterocycles. The number of rotatable bonds is 1. The molecule has 0 fully saturated rings. The van der Waals surface area contributed by atoms with Crippen molar-refractivity contribution in [1.82, 2.24) is 4.98 Å². The summed E-state index contributed by atoms with van der Waals surface area (Å²) in [7, 11) is 0. The Morgan fingerprint density at radius 3 is 2.40 bits per heavy atom. The Bertz CT molecular complexity index is 834. The maximum Gasteiger partial charge on any atom is 0.227 e. The number of oxazole rings is 1. The third-order valence-corrected chi connectivity index (χ3v) is 3.60. The minimum absolute atomic E-state index is 0.0837. The number of nitrogens with zero attached hydrogens (tertiary/aromatic N) is 1. The predicted octanol–water partition coefficient (Wildman–Crippen LogP) is 4.21. The van der Waals surface area contributed by atoms with Crippen LogP contribution in [0.25, 0.3) is 22.8 Å². The van der Waals surface area contributed by atoms with Gasteiger partial charge >= 0.3 is 0 Å². The van der Waals surface area contributed by atoms with E-state index in [1.54, 1.807) is 18.2 Å². The molecule has 3 aromatic rings. The highest BCUT2D eigenvalue weighted by Gasteiger charge is 2.32. The molecule has 20 heavy (non-hydrogen) atoms. The van der Waals surface area contributed by atoms with Crippen molar-refractivity contribution in [2.45, 2.75) is 0 Å². The average molecular weight is 282 g/mol. The Morgan fingerprint density at radius 2 is 1.65 bits per heavy atom. The number of halogens is 1. The van der Waals surface area contributed by atoms with E-state index in [-0.39, 0.29) is 5.78 Å². The summed E-state index contributed by atoms with van der Waals surface area (Å²) in [5.74, 6) is 0.907. The zero-order valence-electron chi connectivity index (χ0n) is 10.3. The molecule has 1 heterocycles. The second-order valence-electron chi connectivity index (χ2n) is 4.58. The summed E-state index contributed by atoms with van der Waals surface area (Å²) >= 11 is 5.86. The van der Waals surface area contributed by atoms with Crippen molar-refractivity contribution in [3.8, 4) is 22.8 Å². The van der Waals surface area contributed by atoms with Crippen LogP contribution in [0.15, 0.2) is 52.9 Å². The van der Waals surface area contributed by atoms with Gasteiger partial charge in [-0.3, -0.25) is 4.79 Å². The molecule has 0 spiro atoms. The summed E-state index contributed by atoms with van der Waals surface area (Å²) in [4.78, 5) is 16.6. The summed E-state index contributed by atoms with van der Waals surface area (Å²) in [6.45, 7) is 0. The van der Waals surface area contributed by atoms with Crippen LogP contribution in [0.4, 0.5) is 0 Å². The van der Waals surface area contributed by atoms with Crippen molar-refractivity contribution in [2.24, 2.45) is 0 Å². The Balaban J connectivity index is 1.88. The monoisotopic (exact) mass is 281 g/mol. The molecule has 4 rings (SSSR count). The van der Waals surface area contributed by atoms with Gasteiger partial charge in [0.2, 0.25) is 11.7 Å². The van der Waals surface area contributed by atoms with Gasteiger partial charge < -0.3 is 4.42 Å². The van der Waals surface area contributed by atoms with Gasteiger partial charge in [-0.15, -0.1) is 0 Å². The molecule has 0 unspecified atom stereocenters. The lowest BCUT2D eigenvalue weighted by atomic mass is 10.1. The Hall–Kier alpha value is -2.39. The van der Waals surface area contributed by atoms with Crippen molar-refractivity contribution in [3.05, 3.63) is 64.8 Å². The van der Waals surface area contributed by atoms with E-state index in [2.05, 4.69) is 4.98 Å². The van der Waals surface area contributed by atoms with Crippen LogP contribution in [-0.4, -0.2) is 10.8 Å². The van der Waals surface area contributed by atoms with Crippen LogP contribution < -0.4 is 0 Å². The molecule has 1 aliphatic rings. The first-order chi connectivity index (χ1) is 9.74. The number of aromatic nitrogens is 1. The Labute approximate surface area is 119 Å². The molecule has 2 aromatic carbocycles. The minimum atomic E-state index is -0.0837. The molecule has 4 heteroatoms. The van der Waals surface area contributed by atoms with Gasteiger partial charge in [0.05, 0.1) is 0 Å². The third kappa shape index (κ3) is 1.53. The Kier molecular flexibility index (Phi) is 2.32. The molecular weight excluding hydrogens is 274 g/mol. The van der Waals surface area contributed by atoms with Gasteiger partial charge in [0.25, 0.3) is 0 Å². The van der Waals surface area contributed by atoms with Crippen molar-refractivity contribution in [2.75, 3.05) is 0 Å². The molecular formula is C16H8ClNO2. The van der Waals surface area contributed by atoms with Gasteiger partial charge in [-0.1, -0.05) is 35.9 Å². The molecule has 0 bridgehead atoms. The smallest absolute Gasteiger partial charge is 0.227 e. The quantitative estimate of drug-likeness (QED) is 0.525. The van der Waals surface area contributed by atoms with Gasteiger partial charge in [0.15, 0.2) is 11.5 Å². The number of carbonyl (C=O) groups excluding carboxylic acids is 1. The van der Waals surface area contributed by atoms with Crippen LogP contribution in [0.2, 0.25) is 5.02 Å². The molecule has 0 radical (unpaired) electrons.